The quantitative estimate of drug-likeness (QED) is 0.870. The van der Waals surface area contributed by atoms with Crippen molar-refractivity contribution in [1.29, 1.82) is 0 Å². The number of hydrogen-bond acceptors (Lipinski definition) is 1. The molecule has 2 heteroatoms. The molecule has 0 spiro atoms. The van der Waals surface area contributed by atoms with E-state index >= 15 is 0 Å². The van der Waals surface area contributed by atoms with Crippen molar-refractivity contribution in [3.05, 3.63) is 34.3 Å². The molecule has 0 aromatic heterocycles. The average Bonchev–Trinajstić information content (AvgIpc) is 2.12. The SMILES string of the molecule is Brc1ccc(CCNC2CCC2)cc1. The van der Waals surface area contributed by atoms with Crippen molar-refractivity contribution in [2.45, 2.75) is 31.7 Å². The Hall–Kier alpha value is -0.340. The third-order valence-corrected chi connectivity index (χ3v) is 3.39. The van der Waals surface area contributed by atoms with E-state index in [1.54, 1.807) is 0 Å². The van der Waals surface area contributed by atoms with Gasteiger partial charge in [0.05, 0.1) is 0 Å². The summed E-state index contributed by atoms with van der Waals surface area (Å²) in [5.41, 5.74) is 1.42. The van der Waals surface area contributed by atoms with Crippen LogP contribution in [-0.2, 0) is 6.42 Å². The predicted octanol–water partition coefficient (Wildman–Crippen LogP) is 3.13. The van der Waals surface area contributed by atoms with Gasteiger partial charge in [-0.2, -0.15) is 0 Å². The lowest BCUT2D eigenvalue weighted by Gasteiger charge is -2.26. The van der Waals surface area contributed by atoms with E-state index in [-0.39, 0.29) is 0 Å². The summed E-state index contributed by atoms with van der Waals surface area (Å²) in [6.07, 6.45) is 5.31. The van der Waals surface area contributed by atoms with Crippen molar-refractivity contribution >= 4 is 15.9 Å². The Morgan fingerprint density at radius 2 is 1.93 bits per heavy atom. The van der Waals surface area contributed by atoms with Crippen LogP contribution in [0.2, 0.25) is 0 Å². The lowest BCUT2D eigenvalue weighted by Crippen LogP contribution is -2.36. The number of hydrogen-bond donors (Lipinski definition) is 1. The molecule has 1 aromatic rings. The molecule has 0 saturated heterocycles. The first-order valence-corrected chi connectivity index (χ1v) is 6.12. The van der Waals surface area contributed by atoms with E-state index < -0.39 is 0 Å². The molecule has 14 heavy (non-hydrogen) atoms. The summed E-state index contributed by atoms with van der Waals surface area (Å²) in [5.74, 6) is 0. The monoisotopic (exact) mass is 253 g/mol. The summed E-state index contributed by atoms with van der Waals surface area (Å²) < 4.78 is 1.16. The first kappa shape index (κ1) is 10.2. The van der Waals surface area contributed by atoms with Crippen LogP contribution in [0.15, 0.2) is 28.7 Å². The van der Waals surface area contributed by atoms with E-state index in [1.807, 2.05) is 0 Å². The normalized spacial score (nSPS) is 16.6. The zero-order valence-corrected chi connectivity index (χ0v) is 9.89. The molecule has 76 valence electrons. The molecule has 2 rings (SSSR count). The van der Waals surface area contributed by atoms with Crippen LogP contribution in [0.5, 0.6) is 0 Å². The van der Waals surface area contributed by atoms with Crippen LogP contribution in [0.25, 0.3) is 0 Å². The maximum atomic E-state index is 3.57. The van der Waals surface area contributed by atoms with Gasteiger partial charge in [-0.25, -0.2) is 0 Å². The summed E-state index contributed by atoms with van der Waals surface area (Å²) >= 11 is 3.44. The first-order valence-electron chi connectivity index (χ1n) is 5.32. The molecule has 1 aromatic carbocycles. The number of rotatable bonds is 4. The highest BCUT2D eigenvalue weighted by Crippen LogP contribution is 2.18. The van der Waals surface area contributed by atoms with Crippen molar-refractivity contribution in [3.8, 4) is 0 Å². The van der Waals surface area contributed by atoms with E-state index in [1.165, 1.54) is 24.8 Å². The molecule has 1 N–H and O–H groups in total. The van der Waals surface area contributed by atoms with Gasteiger partial charge in [-0.05, 0) is 43.5 Å². The summed E-state index contributed by atoms with van der Waals surface area (Å²) in [4.78, 5) is 0. The van der Waals surface area contributed by atoms with Gasteiger partial charge in [0.2, 0.25) is 0 Å². The highest BCUT2D eigenvalue weighted by Gasteiger charge is 2.15. The summed E-state index contributed by atoms with van der Waals surface area (Å²) in [5, 5.41) is 3.57. The van der Waals surface area contributed by atoms with Gasteiger partial charge in [0, 0.05) is 10.5 Å². The van der Waals surface area contributed by atoms with Crippen LogP contribution >= 0.6 is 15.9 Å². The maximum Gasteiger partial charge on any atom is 0.0175 e. The first-order chi connectivity index (χ1) is 6.84. The molecule has 1 nitrogen and oxygen atoms in total. The van der Waals surface area contributed by atoms with E-state index in [0.717, 1.165) is 23.5 Å². The zero-order valence-electron chi connectivity index (χ0n) is 8.30. The van der Waals surface area contributed by atoms with Crippen LogP contribution in [0.4, 0.5) is 0 Å². The molecule has 0 aliphatic heterocycles. The standard InChI is InChI=1S/C12H16BrN/c13-11-6-4-10(5-7-11)8-9-14-12-2-1-3-12/h4-7,12,14H,1-3,8-9H2. The molecule has 0 heterocycles. The number of halogens is 1. The topological polar surface area (TPSA) is 12.0 Å². The van der Waals surface area contributed by atoms with E-state index in [0.29, 0.717) is 0 Å². The Morgan fingerprint density at radius 1 is 1.21 bits per heavy atom. The van der Waals surface area contributed by atoms with Gasteiger partial charge in [0.15, 0.2) is 0 Å². The molecule has 0 bridgehead atoms. The number of nitrogens with one attached hydrogen (secondary N) is 1. The molecule has 1 fully saturated rings. The highest BCUT2D eigenvalue weighted by atomic mass is 79.9. The fourth-order valence-electron chi connectivity index (χ4n) is 1.68. The van der Waals surface area contributed by atoms with Crippen LogP contribution in [-0.4, -0.2) is 12.6 Å². The minimum Gasteiger partial charge on any atom is -0.314 e. The molecular weight excluding hydrogens is 238 g/mol. The van der Waals surface area contributed by atoms with Crippen molar-refractivity contribution in [1.82, 2.24) is 5.32 Å². The minimum absolute atomic E-state index is 0.811. The second-order valence-corrected chi connectivity index (χ2v) is 4.87. The molecule has 0 atom stereocenters. The van der Waals surface area contributed by atoms with Crippen LogP contribution in [0, 0.1) is 0 Å². The largest absolute Gasteiger partial charge is 0.314 e. The smallest absolute Gasteiger partial charge is 0.0175 e. The van der Waals surface area contributed by atoms with Gasteiger partial charge in [-0.15, -0.1) is 0 Å². The number of benzene rings is 1. The maximum absolute atomic E-state index is 3.57. The Kier molecular flexibility index (Phi) is 3.60. The fraction of sp³-hybridized carbons (Fsp3) is 0.500. The van der Waals surface area contributed by atoms with E-state index in [4.69, 9.17) is 0 Å². The van der Waals surface area contributed by atoms with Crippen molar-refractivity contribution in [2.24, 2.45) is 0 Å². The fourth-order valence-corrected chi connectivity index (χ4v) is 1.95. The van der Waals surface area contributed by atoms with Crippen molar-refractivity contribution in [3.63, 3.8) is 0 Å². The van der Waals surface area contributed by atoms with Gasteiger partial charge >= 0.3 is 0 Å². The van der Waals surface area contributed by atoms with Gasteiger partial charge in [0.25, 0.3) is 0 Å². The van der Waals surface area contributed by atoms with E-state index in [2.05, 4.69) is 45.5 Å². The summed E-state index contributed by atoms with van der Waals surface area (Å²) in [6, 6.07) is 9.40. The Morgan fingerprint density at radius 3 is 2.50 bits per heavy atom. The Balaban J connectivity index is 1.71. The van der Waals surface area contributed by atoms with Crippen LogP contribution in [0.1, 0.15) is 24.8 Å². The summed E-state index contributed by atoms with van der Waals surface area (Å²) in [7, 11) is 0. The summed E-state index contributed by atoms with van der Waals surface area (Å²) in [6.45, 7) is 1.12. The molecule has 0 amide bonds. The Bertz CT molecular complexity index is 277. The van der Waals surface area contributed by atoms with Gasteiger partial charge in [0.1, 0.15) is 0 Å². The highest BCUT2D eigenvalue weighted by molar-refractivity contribution is 9.10. The second-order valence-electron chi connectivity index (χ2n) is 3.96. The van der Waals surface area contributed by atoms with Gasteiger partial charge < -0.3 is 5.32 Å². The molecule has 1 aliphatic rings. The molecule has 0 unspecified atom stereocenters. The second kappa shape index (κ2) is 4.94. The van der Waals surface area contributed by atoms with Gasteiger partial charge in [-0.1, -0.05) is 34.5 Å². The predicted molar refractivity (Wildman–Crippen MR) is 63.5 cm³/mol. The lowest BCUT2D eigenvalue weighted by molar-refractivity contribution is 0.342. The third kappa shape index (κ3) is 2.82. The third-order valence-electron chi connectivity index (χ3n) is 2.87. The molecular formula is C12H16BrN. The average molecular weight is 254 g/mol. The van der Waals surface area contributed by atoms with Crippen LogP contribution < -0.4 is 5.32 Å². The van der Waals surface area contributed by atoms with Gasteiger partial charge in [-0.3, -0.25) is 0 Å². The van der Waals surface area contributed by atoms with Crippen molar-refractivity contribution < 1.29 is 0 Å². The van der Waals surface area contributed by atoms with Crippen LogP contribution in [0.3, 0.4) is 0 Å². The van der Waals surface area contributed by atoms with Crippen molar-refractivity contribution in [2.75, 3.05) is 6.54 Å². The Labute approximate surface area is 94.0 Å². The lowest BCUT2D eigenvalue weighted by atomic mass is 9.93. The minimum atomic E-state index is 0.811. The zero-order chi connectivity index (χ0) is 9.80. The molecule has 0 radical (unpaired) electrons. The molecule has 1 saturated carbocycles. The van der Waals surface area contributed by atoms with E-state index in [9.17, 15) is 0 Å². The molecule has 1 aliphatic carbocycles.